The van der Waals surface area contributed by atoms with E-state index in [4.69, 9.17) is 4.74 Å². The highest BCUT2D eigenvalue weighted by molar-refractivity contribution is 6.05. The van der Waals surface area contributed by atoms with E-state index in [-0.39, 0.29) is 5.91 Å². The maximum absolute atomic E-state index is 12.6. The number of aryl methyl sites for hydroxylation is 1. The van der Waals surface area contributed by atoms with Gasteiger partial charge in [0.1, 0.15) is 5.75 Å². The molecule has 3 rings (SSSR count). The van der Waals surface area contributed by atoms with Crippen molar-refractivity contribution in [3.05, 3.63) is 71.5 Å². The van der Waals surface area contributed by atoms with Gasteiger partial charge in [0.25, 0.3) is 5.91 Å². The summed E-state index contributed by atoms with van der Waals surface area (Å²) in [6.45, 7) is 3.91. The number of hydrogen-bond donors (Lipinski definition) is 1. The zero-order valence-electron chi connectivity index (χ0n) is 13.9. The van der Waals surface area contributed by atoms with Gasteiger partial charge in [-0.15, -0.1) is 0 Å². The van der Waals surface area contributed by atoms with Gasteiger partial charge < -0.3 is 10.1 Å². The second-order valence-electron chi connectivity index (χ2n) is 5.55. The molecule has 1 aromatic heterocycles. The molecule has 0 saturated heterocycles. The van der Waals surface area contributed by atoms with Crippen LogP contribution in [0.3, 0.4) is 0 Å². The van der Waals surface area contributed by atoms with Gasteiger partial charge in [-0.3, -0.25) is 4.79 Å². The number of para-hydroxylation sites is 2. The molecule has 5 heteroatoms. The van der Waals surface area contributed by atoms with Gasteiger partial charge in [-0.05, 0) is 43.7 Å². The number of hydrogen-bond acceptors (Lipinski definition) is 3. The zero-order valence-corrected chi connectivity index (χ0v) is 13.9. The summed E-state index contributed by atoms with van der Waals surface area (Å²) in [6, 6.07) is 15.3. The Morgan fingerprint density at radius 2 is 1.92 bits per heavy atom. The molecule has 0 aliphatic carbocycles. The number of anilines is 1. The van der Waals surface area contributed by atoms with Crippen LogP contribution in [0.5, 0.6) is 5.75 Å². The number of rotatable bonds is 4. The zero-order chi connectivity index (χ0) is 17.1. The first-order chi connectivity index (χ1) is 11.6. The van der Waals surface area contributed by atoms with E-state index < -0.39 is 0 Å². The highest BCUT2D eigenvalue weighted by atomic mass is 16.5. The van der Waals surface area contributed by atoms with Crippen LogP contribution in [0.1, 0.15) is 21.6 Å². The van der Waals surface area contributed by atoms with E-state index in [9.17, 15) is 4.79 Å². The number of benzene rings is 2. The Kier molecular flexibility index (Phi) is 4.33. The number of amides is 1. The highest BCUT2D eigenvalue weighted by Crippen LogP contribution is 2.24. The van der Waals surface area contributed by atoms with Crippen LogP contribution in [0.2, 0.25) is 0 Å². The molecule has 122 valence electrons. The maximum atomic E-state index is 12.6. The Labute approximate surface area is 140 Å². The summed E-state index contributed by atoms with van der Waals surface area (Å²) in [5, 5.41) is 7.23. The Bertz CT molecular complexity index is 884. The van der Waals surface area contributed by atoms with Gasteiger partial charge in [0, 0.05) is 0 Å². The predicted molar refractivity (Wildman–Crippen MR) is 94.0 cm³/mol. The summed E-state index contributed by atoms with van der Waals surface area (Å²) < 4.78 is 7.03. The van der Waals surface area contributed by atoms with E-state index in [1.807, 2.05) is 50.2 Å². The summed E-state index contributed by atoms with van der Waals surface area (Å²) in [4.78, 5) is 12.6. The van der Waals surface area contributed by atoms with Crippen molar-refractivity contribution in [3.63, 3.8) is 0 Å². The molecule has 24 heavy (non-hydrogen) atoms. The topological polar surface area (TPSA) is 56.1 Å². The minimum absolute atomic E-state index is 0.212. The molecule has 5 nitrogen and oxygen atoms in total. The minimum Gasteiger partial charge on any atom is -0.495 e. The summed E-state index contributed by atoms with van der Waals surface area (Å²) in [7, 11) is 1.58. The Balaban J connectivity index is 1.89. The number of carbonyl (C=O) groups excluding carboxylic acids is 1. The van der Waals surface area contributed by atoms with E-state index in [0.717, 1.165) is 16.9 Å². The predicted octanol–water partition coefficient (Wildman–Crippen LogP) is 3.75. The molecule has 0 radical (unpaired) electrons. The molecular formula is C19H19N3O2. The Morgan fingerprint density at radius 1 is 1.12 bits per heavy atom. The first kappa shape index (κ1) is 15.8. The minimum atomic E-state index is -0.212. The molecule has 0 atom stereocenters. The lowest BCUT2D eigenvalue weighted by atomic mass is 10.2. The molecular weight excluding hydrogens is 302 g/mol. The van der Waals surface area contributed by atoms with Crippen molar-refractivity contribution in [2.75, 3.05) is 12.4 Å². The van der Waals surface area contributed by atoms with Crippen LogP contribution in [0.4, 0.5) is 5.69 Å². The SMILES string of the molecule is COc1ccccc1NC(=O)c1cnn(-c2cccc(C)c2)c1C. The summed E-state index contributed by atoms with van der Waals surface area (Å²) in [5.41, 5.74) is 4.02. The van der Waals surface area contributed by atoms with Crippen LogP contribution in [0, 0.1) is 13.8 Å². The number of methoxy groups -OCH3 is 1. The molecule has 3 aromatic rings. The average molecular weight is 321 g/mol. The second kappa shape index (κ2) is 6.58. The van der Waals surface area contributed by atoms with E-state index in [1.54, 1.807) is 30.1 Å². The maximum Gasteiger partial charge on any atom is 0.259 e. The molecule has 0 bridgehead atoms. The van der Waals surface area contributed by atoms with Crippen molar-refractivity contribution in [3.8, 4) is 11.4 Å². The first-order valence-corrected chi connectivity index (χ1v) is 7.66. The van der Waals surface area contributed by atoms with Crippen LogP contribution in [0.15, 0.2) is 54.7 Å². The standard InChI is InChI=1S/C19H19N3O2/c1-13-7-6-8-15(11-13)22-14(2)16(12-20-22)19(23)21-17-9-4-5-10-18(17)24-3/h4-12H,1-3H3,(H,21,23). The molecule has 0 unspecified atom stereocenters. The lowest BCUT2D eigenvalue weighted by molar-refractivity contribution is 0.102. The van der Waals surface area contributed by atoms with Crippen molar-refractivity contribution in [2.24, 2.45) is 0 Å². The number of ether oxygens (including phenoxy) is 1. The first-order valence-electron chi connectivity index (χ1n) is 7.66. The lowest BCUT2D eigenvalue weighted by Gasteiger charge is -2.10. The Morgan fingerprint density at radius 3 is 2.67 bits per heavy atom. The van der Waals surface area contributed by atoms with E-state index in [0.29, 0.717) is 17.0 Å². The van der Waals surface area contributed by atoms with Gasteiger partial charge in [-0.25, -0.2) is 4.68 Å². The van der Waals surface area contributed by atoms with E-state index >= 15 is 0 Å². The third kappa shape index (κ3) is 3.01. The second-order valence-corrected chi connectivity index (χ2v) is 5.55. The van der Waals surface area contributed by atoms with Crippen LogP contribution < -0.4 is 10.1 Å². The van der Waals surface area contributed by atoms with Crippen molar-refractivity contribution >= 4 is 11.6 Å². The highest BCUT2D eigenvalue weighted by Gasteiger charge is 2.16. The van der Waals surface area contributed by atoms with Crippen LogP contribution in [-0.2, 0) is 0 Å². The molecule has 1 amide bonds. The fourth-order valence-electron chi connectivity index (χ4n) is 2.59. The van der Waals surface area contributed by atoms with Gasteiger partial charge in [-0.1, -0.05) is 24.3 Å². The smallest absolute Gasteiger partial charge is 0.259 e. The van der Waals surface area contributed by atoms with Crippen LogP contribution >= 0.6 is 0 Å². The van der Waals surface area contributed by atoms with Crippen LogP contribution in [0.25, 0.3) is 5.69 Å². The number of nitrogens with zero attached hydrogens (tertiary/aromatic N) is 2. The van der Waals surface area contributed by atoms with Crippen LogP contribution in [-0.4, -0.2) is 22.8 Å². The van der Waals surface area contributed by atoms with Gasteiger partial charge >= 0.3 is 0 Å². The van der Waals surface area contributed by atoms with Gasteiger partial charge in [0.2, 0.25) is 0 Å². The fourth-order valence-corrected chi connectivity index (χ4v) is 2.59. The van der Waals surface area contributed by atoms with Crippen molar-refractivity contribution in [1.29, 1.82) is 0 Å². The molecule has 0 fully saturated rings. The van der Waals surface area contributed by atoms with Gasteiger partial charge in [0.15, 0.2) is 0 Å². The third-order valence-electron chi connectivity index (χ3n) is 3.86. The monoisotopic (exact) mass is 321 g/mol. The molecule has 0 saturated carbocycles. The van der Waals surface area contributed by atoms with Crippen molar-refractivity contribution in [1.82, 2.24) is 9.78 Å². The fraction of sp³-hybridized carbons (Fsp3) is 0.158. The summed E-state index contributed by atoms with van der Waals surface area (Å²) >= 11 is 0. The average Bonchev–Trinajstić information content (AvgIpc) is 2.97. The largest absolute Gasteiger partial charge is 0.495 e. The molecule has 1 heterocycles. The Hall–Kier alpha value is -3.08. The molecule has 0 spiro atoms. The molecule has 2 aromatic carbocycles. The normalized spacial score (nSPS) is 10.5. The number of carbonyl (C=O) groups is 1. The number of aromatic nitrogens is 2. The molecule has 1 N–H and O–H groups in total. The quantitative estimate of drug-likeness (QED) is 0.796. The third-order valence-corrected chi connectivity index (χ3v) is 3.86. The summed E-state index contributed by atoms with van der Waals surface area (Å²) in [6.07, 6.45) is 1.59. The summed E-state index contributed by atoms with van der Waals surface area (Å²) in [5.74, 6) is 0.408. The van der Waals surface area contributed by atoms with E-state index in [2.05, 4.69) is 10.4 Å². The van der Waals surface area contributed by atoms with Gasteiger partial charge in [0.05, 0.1) is 35.9 Å². The molecule has 0 aliphatic rings. The lowest BCUT2D eigenvalue weighted by Crippen LogP contribution is -2.13. The van der Waals surface area contributed by atoms with Crippen molar-refractivity contribution < 1.29 is 9.53 Å². The number of nitrogens with one attached hydrogen (secondary N) is 1. The molecule has 0 aliphatic heterocycles. The van der Waals surface area contributed by atoms with Gasteiger partial charge in [-0.2, -0.15) is 5.10 Å². The van der Waals surface area contributed by atoms with E-state index in [1.165, 1.54) is 0 Å². The van der Waals surface area contributed by atoms with Crippen molar-refractivity contribution in [2.45, 2.75) is 13.8 Å².